The zero-order valence-electron chi connectivity index (χ0n) is 10.3. The first-order chi connectivity index (χ1) is 8.28. The molecule has 2 nitrogen and oxygen atoms in total. The summed E-state index contributed by atoms with van der Waals surface area (Å²) in [4.78, 5) is 0. The molecule has 1 heterocycles. The van der Waals surface area contributed by atoms with Crippen molar-refractivity contribution in [3.8, 4) is 0 Å². The van der Waals surface area contributed by atoms with Gasteiger partial charge < -0.3 is 10.1 Å². The summed E-state index contributed by atoms with van der Waals surface area (Å²) >= 11 is 6.29. The third-order valence-corrected chi connectivity index (χ3v) is 3.77. The lowest BCUT2D eigenvalue weighted by atomic mass is 9.73. The Morgan fingerprint density at radius 3 is 2.65 bits per heavy atom. The van der Waals surface area contributed by atoms with Crippen LogP contribution in [0.15, 0.2) is 24.3 Å². The van der Waals surface area contributed by atoms with Crippen LogP contribution in [0.2, 0.25) is 5.02 Å². The van der Waals surface area contributed by atoms with Crippen LogP contribution in [0.3, 0.4) is 0 Å². The second kappa shape index (κ2) is 5.85. The van der Waals surface area contributed by atoms with Crippen molar-refractivity contribution >= 4 is 11.6 Å². The minimum absolute atomic E-state index is 0.187. The highest BCUT2D eigenvalue weighted by atomic mass is 35.5. The maximum absolute atomic E-state index is 6.29. The van der Waals surface area contributed by atoms with E-state index in [1.807, 2.05) is 12.1 Å². The maximum atomic E-state index is 6.29. The Kier molecular flexibility index (Phi) is 4.43. The average molecular weight is 254 g/mol. The first-order valence-electron chi connectivity index (χ1n) is 6.32. The molecule has 1 aliphatic heterocycles. The normalized spacial score (nSPS) is 17.8. The summed E-state index contributed by atoms with van der Waals surface area (Å²) in [5, 5.41) is 4.23. The highest BCUT2D eigenvalue weighted by Gasteiger charge is 2.39. The lowest BCUT2D eigenvalue weighted by molar-refractivity contribution is 0.0998. The molecule has 0 unspecified atom stereocenters. The number of benzene rings is 1. The molecule has 94 valence electrons. The van der Waals surface area contributed by atoms with E-state index < -0.39 is 0 Å². The molecule has 1 saturated heterocycles. The summed E-state index contributed by atoms with van der Waals surface area (Å²) in [5.74, 6) is 0. The number of halogens is 1. The van der Waals surface area contributed by atoms with Crippen LogP contribution in [0.5, 0.6) is 0 Å². The Labute approximate surface area is 108 Å². The van der Waals surface area contributed by atoms with Crippen LogP contribution < -0.4 is 5.32 Å². The van der Waals surface area contributed by atoms with Crippen molar-refractivity contribution in [1.29, 1.82) is 0 Å². The second-order valence-corrected chi connectivity index (χ2v) is 5.13. The Hall–Kier alpha value is -0.570. The van der Waals surface area contributed by atoms with Gasteiger partial charge in [-0.1, -0.05) is 36.7 Å². The van der Waals surface area contributed by atoms with Gasteiger partial charge in [-0.2, -0.15) is 0 Å². The van der Waals surface area contributed by atoms with Crippen LogP contribution >= 0.6 is 11.6 Å². The Morgan fingerprint density at radius 1 is 1.29 bits per heavy atom. The maximum Gasteiger partial charge on any atom is 0.0475 e. The van der Waals surface area contributed by atoms with Crippen molar-refractivity contribution in [2.24, 2.45) is 0 Å². The topological polar surface area (TPSA) is 21.3 Å². The van der Waals surface area contributed by atoms with E-state index in [4.69, 9.17) is 16.3 Å². The molecule has 1 aliphatic rings. The fraction of sp³-hybridized carbons (Fsp3) is 0.571. The summed E-state index contributed by atoms with van der Waals surface area (Å²) in [5.41, 5.74) is 1.45. The molecule has 3 heteroatoms. The fourth-order valence-electron chi connectivity index (χ4n) is 2.33. The molecule has 2 rings (SSSR count). The molecule has 1 aromatic rings. The minimum atomic E-state index is 0.187. The van der Waals surface area contributed by atoms with Crippen LogP contribution in [0.1, 0.15) is 25.3 Å². The molecule has 0 bridgehead atoms. The molecular weight excluding hydrogens is 234 g/mol. The zero-order valence-corrected chi connectivity index (χ0v) is 11.1. The van der Waals surface area contributed by atoms with Gasteiger partial charge in [0.25, 0.3) is 0 Å². The molecule has 1 aromatic carbocycles. The Morgan fingerprint density at radius 2 is 2.06 bits per heavy atom. The SMILES string of the molecule is CCCOCCC1(c2ccccc2Cl)CNC1. The fourth-order valence-corrected chi connectivity index (χ4v) is 2.67. The van der Waals surface area contributed by atoms with Gasteiger partial charge in [0.2, 0.25) is 0 Å². The summed E-state index contributed by atoms with van der Waals surface area (Å²) in [6, 6.07) is 8.17. The third kappa shape index (κ3) is 2.82. The summed E-state index contributed by atoms with van der Waals surface area (Å²) in [7, 11) is 0. The van der Waals surface area contributed by atoms with E-state index in [1.165, 1.54) is 5.56 Å². The van der Waals surface area contributed by atoms with Crippen molar-refractivity contribution in [1.82, 2.24) is 5.32 Å². The molecule has 0 radical (unpaired) electrons. The van der Waals surface area contributed by atoms with Gasteiger partial charge in [-0.15, -0.1) is 0 Å². The molecular formula is C14H20ClNO. The molecule has 0 spiro atoms. The number of rotatable bonds is 6. The molecule has 0 aliphatic carbocycles. The van der Waals surface area contributed by atoms with Gasteiger partial charge in [-0.25, -0.2) is 0 Å². The van der Waals surface area contributed by atoms with Gasteiger partial charge in [-0.3, -0.25) is 0 Å². The first-order valence-corrected chi connectivity index (χ1v) is 6.70. The van der Waals surface area contributed by atoms with Crippen LogP contribution in [-0.2, 0) is 10.2 Å². The third-order valence-electron chi connectivity index (χ3n) is 3.45. The molecule has 0 atom stereocenters. The Bertz CT molecular complexity index is 363. The van der Waals surface area contributed by atoms with Gasteiger partial charge in [0.1, 0.15) is 0 Å². The van der Waals surface area contributed by atoms with Crippen molar-refractivity contribution in [3.05, 3.63) is 34.9 Å². The van der Waals surface area contributed by atoms with Crippen LogP contribution in [-0.4, -0.2) is 26.3 Å². The highest BCUT2D eigenvalue weighted by molar-refractivity contribution is 6.31. The molecule has 1 fully saturated rings. The number of hydrogen-bond donors (Lipinski definition) is 1. The Balaban J connectivity index is 2.02. The van der Waals surface area contributed by atoms with E-state index in [-0.39, 0.29) is 5.41 Å². The largest absolute Gasteiger partial charge is 0.381 e. The van der Waals surface area contributed by atoms with Crippen molar-refractivity contribution in [2.75, 3.05) is 26.3 Å². The van der Waals surface area contributed by atoms with Gasteiger partial charge in [-0.05, 0) is 24.5 Å². The summed E-state index contributed by atoms with van der Waals surface area (Å²) in [6.45, 7) is 5.82. The summed E-state index contributed by atoms with van der Waals surface area (Å²) < 4.78 is 5.60. The standard InChI is InChI=1S/C14H20ClNO/c1-2-8-17-9-7-14(10-16-11-14)12-5-3-4-6-13(12)15/h3-6,16H,2,7-11H2,1H3. The van der Waals surface area contributed by atoms with Gasteiger partial charge in [0.15, 0.2) is 0 Å². The lowest BCUT2D eigenvalue weighted by Crippen LogP contribution is -2.57. The van der Waals surface area contributed by atoms with Crippen LogP contribution in [0.4, 0.5) is 0 Å². The smallest absolute Gasteiger partial charge is 0.0475 e. The van der Waals surface area contributed by atoms with Gasteiger partial charge in [0.05, 0.1) is 0 Å². The number of ether oxygens (including phenoxy) is 1. The van der Waals surface area contributed by atoms with Gasteiger partial charge in [0, 0.05) is 36.7 Å². The van der Waals surface area contributed by atoms with Gasteiger partial charge >= 0.3 is 0 Å². The quantitative estimate of drug-likeness (QED) is 0.787. The predicted molar refractivity (Wildman–Crippen MR) is 71.7 cm³/mol. The second-order valence-electron chi connectivity index (χ2n) is 4.73. The number of nitrogens with one attached hydrogen (secondary N) is 1. The molecule has 17 heavy (non-hydrogen) atoms. The molecule has 0 amide bonds. The predicted octanol–water partition coefficient (Wildman–Crippen LogP) is 3.00. The van der Waals surface area contributed by atoms with E-state index in [2.05, 4.69) is 24.4 Å². The summed E-state index contributed by atoms with van der Waals surface area (Å²) in [6.07, 6.45) is 2.13. The van der Waals surface area contributed by atoms with E-state index >= 15 is 0 Å². The zero-order chi connectivity index (χ0) is 12.1. The monoisotopic (exact) mass is 253 g/mol. The van der Waals surface area contributed by atoms with E-state index in [0.717, 1.165) is 44.2 Å². The first kappa shape index (κ1) is 12.9. The van der Waals surface area contributed by atoms with E-state index in [1.54, 1.807) is 0 Å². The van der Waals surface area contributed by atoms with Crippen molar-refractivity contribution < 1.29 is 4.74 Å². The van der Waals surface area contributed by atoms with Crippen molar-refractivity contribution in [3.63, 3.8) is 0 Å². The van der Waals surface area contributed by atoms with Crippen LogP contribution in [0, 0.1) is 0 Å². The van der Waals surface area contributed by atoms with Crippen LogP contribution in [0.25, 0.3) is 0 Å². The lowest BCUT2D eigenvalue weighted by Gasteiger charge is -2.43. The van der Waals surface area contributed by atoms with Crippen molar-refractivity contribution in [2.45, 2.75) is 25.2 Å². The van der Waals surface area contributed by atoms with E-state index in [9.17, 15) is 0 Å². The molecule has 1 N–H and O–H groups in total. The average Bonchev–Trinajstić information content (AvgIpc) is 2.29. The highest BCUT2D eigenvalue weighted by Crippen LogP contribution is 2.36. The van der Waals surface area contributed by atoms with E-state index in [0.29, 0.717) is 0 Å². The molecule has 0 aromatic heterocycles. The number of hydrogen-bond acceptors (Lipinski definition) is 2. The molecule has 0 saturated carbocycles. The minimum Gasteiger partial charge on any atom is -0.381 e.